The fourth-order valence-electron chi connectivity index (χ4n) is 2.84. The molecule has 0 unspecified atom stereocenters. The molecule has 0 saturated carbocycles. The van der Waals surface area contributed by atoms with E-state index in [4.69, 9.17) is 9.57 Å². The van der Waals surface area contributed by atoms with Crippen molar-refractivity contribution in [3.05, 3.63) is 42.0 Å². The predicted molar refractivity (Wildman–Crippen MR) is 103 cm³/mol. The Bertz CT molecular complexity index is 937. The lowest BCUT2D eigenvalue weighted by Crippen LogP contribution is -2.32. The smallest absolute Gasteiger partial charge is 0.335 e. The maximum Gasteiger partial charge on any atom is 0.335 e. The van der Waals surface area contributed by atoms with Gasteiger partial charge in [-0.15, -0.1) is 5.06 Å². The molecule has 1 aromatic rings. The van der Waals surface area contributed by atoms with Crippen LogP contribution in [0.3, 0.4) is 0 Å². The van der Waals surface area contributed by atoms with Crippen molar-refractivity contribution in [1.29, 1.82) is 0 Å². The Labute approximate surface area is 176 Å². The molecule has 1 fully saturated rings. The van der Waals surface area contributed by atoms with E-state index < -0.39 is 35.5 Å². The maximum absolute atomic E-state index is 12.3. The van der Waals surface area contributed by atoms with Crippen LogP contribution < -0.4 is 10.2 Å². The number of nitrogens with one attached hydrogen (secondary N) is 1. The van der Waals surface area contributed by atoms with Gasteiger partial charge in [0.2, 0.25) is 0 Å². The number of benzene rings is 1. The van der Waals surface area contributed by atoms with Crippen LogP contribution in [0.4, 0.5) is 5.69 Å². The zero-order valence-corrected chi connectivity index (χ0v) is 16.4. The van der Waals surface area contributed by atoms with Crippen LogP contribution in [0.25, 0.3) is 0 Å². The van der Waals surface area contributed by atoms with Crippen molar-refractivity contribution in [2.75, 3.05) is 24.7 Å². The SMILES string of the molecule is O=C(CCOCCNC(=O)c1cccc(N2C(=O)C=CC2=O)c1)ON1C(=O)CCC1=O. The molecule has 0 bridgehead atoms. The van der Waals surface area contributed by atoms with Crippen molar-refractivity contribution in [2.45, 2.75) is 19.3 Å². The first-order valence-corrected chi connectivity index (χ1v) is 9.45. The number of hydrogen-bond acceptors (Lipinski definition) is 8. The predicted octanol–water partition coefficient (Wildman–Crippen LogP) is -0.140. The largest absolute Gasteiger partial charge is 0.379 e. The number of rotatable bonds is 9. The zero-order valence-electron chi connectivity index (χ0n) is 16.4. The van der Waals surface area contributed by atoms with Crippen LogP contribution in [-0.2, 0) is 33.5 Å². The number of carbonyl (C=O) groups is 6. The minimum Gasteiger partial charge on any atom is -0.379 e. The third kappa shape index (κ3) is 5.39. The lowest BCUT2D eigenvalue weighted by Gasteiger charge is -2.15. The molecule has 5 amide bonds. The summed E-state index contributed by atoms with van der Waals surface area (Å²) in [7, 11) is 0. The average Bonchev–Trinajstić information content (AvgIpc) is 3.25. The van der Waals surface area contributed by atoms with Crippen LogP contribution in [0, 0.1) is 0 Å². The normalized spacial score (nSPS) is 15.7. The monoisotopic (exact) mass is 429 g/mol. The molecule has 0 spiro atoms. The van der Waals surface area contributed by atoms with Gasteiger partial charge in [0.1, 0.15) is 0 Å². The van der Waals surface area contributed by atoms with Gasteiger partial charge in [-0.3, -0.25) is 24.0 Å². The van der Waals surface area contributed by atoms with Crippen LogP contribution in [0.1, 0.15) is 29.6 Å². The first-order valence-electron chi connectivity index (χ1n) is 9.45. The molecule has 1 saturated heterocycles. The number of nitrogens with zero attached hydrogens (tertiary/aromatic N) is 2. The molecule has 1 N–H and O–H groups in total. The summed E-state index contributed by atoms with van der Waals surface area (Å²) < 4.78 is 5.23. The molecule has 11 nitrogen and oxygen atoms in total. The number of ether oxygens (including phenoxy) is 1. The van der Waals surface area contributed by atoms with Crippen molar-refractivity contribution in [2.24, 2.45) is 0 Å². The molecule has 162 valence electrons. The van der Waals surface area contributed by atoms with Gasteiger partial charge in [0.25, 0.3) is 29.5 Å². The van der Waals surface area contributed by atoms with E-state index in [-0.39, 0.29) is 50.3 Å². The third-order valence-electron chi connectivity index (χ3n) is 4.36. The van der Waals surface area contributed by atoms with Gasteiger partial charge in [-0.2, -0.15) is 0 Å². The fraction of sp³-hybridized carbons (Fsp3) is 0.300. The molecule has 2 heterocycles. The first kappa shape index (κ1) is 21.8. The highest BCUT2D eigenvalue weighted by Crippen LogP contribution is 2.20. The molecule has 2 aliphatic heterocycles. The summed E-state index contributed by atoms with van der Waals surface area (Å²) in [5, 5.41) is 3.08. The summed E-state index contributed by atoms with van der Waals surface area (Å²) in [5.41, 5.74) is 0.547. The van der Waals surface area contributed by atoms with Crippen LogP contribution in [0.15, 0.2) is 36.4 Å². The van der Waals surface area contributed by atoms with E-state index in [1.165, 1.54) is 12.1 Å². The van der Waals surface area contributed by atoms with Crippen molar-refractivity contribution in [1.82, 2.24) is 10.4 Å². The Balaban J connectivity index is 1.36. The van der Waals surface area contributed by atoms with E-state index in [0.717, 1.165) is 17.1 Å². The minimum absolute atomic E-state index is 0.0206. The third-order valence-corrected chi connectivity index (χ3v) is 4.36. The van der Waals surface area contributed by atoms with E-state index in [1.807, 2.05) is 0 Å². The summed E-state index contributed by atoms with van der Waals surface area (Å²) >= 11 is 0. The molecule has 31 heavy (non-hydrogen) atoms. The Morgan fingerprint density at radius 1 is 0.968 bits per heavy atom. The number of amides is 5. The van der Waals surface area contributed by atoms with Crippen LogP contribution in [-0.4, -0.2) is 60.3 Å². The first-order chi connectivity index (χ1) is 14.9. The summed E-state index contributed by atoms with van der Waals surface area (Å²) in [6.45, 7) is 0.226. The standard InChI is InChI=1S/C20H19N3O8/c24-15-4-5-16(25)22(15)14-3-1-2-13(12-14)20(29)21-9-11-30-10-8-19(28)31-23-17(26)6-7-18(23)27/h1-5,12H,6-11H2,(H,21,29). The van der Waals surface area contributed by atoms with Gasteiger partial charge in [-0.25, -0.2) is 9.69 Å². The van der Waals surface area contributed by atoms with Gasteiger partial charge < -0.3 is 14.9 Å². The van der Waals surface area contributed by atoms with E-state index >= 15 is 0 Å². The minimum atomic E-state index is -0.773. The Kier molecular flexibility index (Phi) is 6.88. The quantitative estimate of drug-likeness (QED) is 0.423. The summed E-state index contributed by atoms with van der Waals surface area (Å²) in [6, 6.07) is 6.07. The van der Waals surface area contributed by atoms with Crippen molar-refractivity contribution >= 4 is 41.2 Å². The van der Waals surface area contributed by atoms with Gasteiger partial charge in [0.15, 0.2) is 0 Å². The van der Waals surface area contributed by atoms with Crippen molar-refractivity contribution in [3.63, 3.8) is 0 Å². The Morgan fingerprint density at radius 2 is 1.65 bits per heavy atom. The van der Waals surface area contributed by atoms with Crippen LogP contribution in [0.5, 0.6) is 0 Å². The van der Waals surface area contributed by atoms with E-state index in [2.05, 4.69) is 5.32 Å². The van der Waals surface area contributed by atoms with E-state index in [9.17, 15) is 28.8 Å². The number of hydrogen-bond donors (Lipinski definition) is 1. The van der Waals surface area contributed by atoms with Gasteiger partial charge in [0, 0.05) is 37.1 Å². The second-order valence-electron chi connectivity index (χ2n) is 6.56. The highest BCUT2D eigenvalue weighted by atomic mass is 16.7. The number of anilines is 1. The van der Waals surface area contributed by atoms with Crippen LogP contribution >= 0.6 is 0 Å². The summed E-state index contributed by atoms with van der Waals surface area (Å²) in [5.74, 6) is -3.27. The molecule has 0 aromatic heterocycles. The second-order valence-corrected chi connectivity index (χ2v) is 6.56. The number of carbonyl (C=O) groups excluding carboxylic acids is 6. The molecular weight excluding hydrogens is 410 g/mol. The molecule has 0 atom stereocenters. The molecule has 0 aliphatic carbocycles. The second kappa shape index (κ2) is 9.76. The van der Waals surface area contributed by atoms with E-state index in [1.54, 1.807) is 12.1 Å². The van der Waals surface area contributed by atoms with Gasteiger partial charge in [0.05, 0.1) is 25.3 Å². The van der Waals surface area contributed by atoms with Crippen molar-refractivity contribution in [3.8, 4) is 0 Å². The Hall–Kier alpha value is -3.86. The molecule has 0 radical (unpaired) electrons. The lowest BCUT2D eigenvalue weighted by molar-refractivity contribution is -0.198. The van der Waals surface area contributed by atoms with Crippen LogP contribution in [0.2, 0.25) is 0 Å². The topological polar surface area (TPSA) is 139 Å². The molecule has 3 rings (SSSR count). The summed E-state index contributed by atoms with van der Waals surface area (Å²) in [6.07, 6.45) is 2.19. The van der Waals surface area contributed by atoms with Gasteiger partial charge >= 0.3 is 5.97 Å². The highest BCUT2D eigenvalue weighted by Gasteiger charge is 2.32. The van der Waals surface area contributed by atoms with E-state index in [0.29, 0.717) is 5.06 Å². The number of imide groups is 2. The lowest BCUT2D eigenvalue weighted by atomic mass is 10.1. The van der Waals surface area contributed by atoms with Crippen molar-refractivity contribution < 1.29 is 38.3 Å². The average molecular weight is 429 g/mol. The van der Waals surface area contributed by atoms with Gasteiger partial charge in [-0.1, -0.05) is 6.07 Å². The maximum atomic E-state index is 12.3. The molecule has 11 heteroatoms. The zero-order chi connectivity index (χ0) is 22.4. The number of hydroxylamine groups is 2. The summed E-state index contributed by atoms with van der Waals surface area (Å²) in [4.78, 5) is 75.8. The fourth-order valence-corrected chi connectivity index (χ4v) is 2.84. The highest BCUT2D eigenvalue weighted by molar-refractivity contribution is 6.28. The molecule has 1 aromatic carbocycles. The van der Waals surface area contributed by atoms with Gasteiger partial charge in [-0.05, 0) is 18.2 Å². The molecule has 2 aliphatic rings. The Morgan fingerprint density at radius 3 is 2.32 bits per heavy atom. The molecular formula is C20H19N3O8.